The summed E-state index contributed by atoms with van der Waals surface area (Å²) in [5, 5.41) is 14.0. The van der Waals surface area contributed by atoms with Crippen LogP contribution in [0.15, 0.2) is 51.0 Å². The summed E-state index contributed by atoms with van der Waals surface area (Å²) in [6.45, 7) is 0.198. The second kappa shape index (κ2) is 9.80. The van der Waals surface area contributed by atoms with Gasteiger partial charge in [-0.3, -0.25) is 14.2 Å². The van der Waals surface area contributed by atoms with E-state index in [2.05, 4.69) is 16.4 Å². The van der Waals surface area contributed by atoms with Crippen molar-refractivity contribution in [3.8, 4) is 6.07 Å². The molecule has 9 heteroatoms. The van der Waals surface area contributed by atoms with Gasteiger partial charge in [-0.15, -0.1) is 0 Å². The van der Waals surface area contributed by atoms with Gasteiger partial charge in [0.2, 0.25) is 5.91 Å². The zero-order valence-electron chi connectivity index (χ0n) is 17.5. The summed E-state index contributed by atoms with van der Waals surface area (Å²) in [5.74, 6) is 0.402. The number of thioether (sulfide) groups is 1. The molecule has 1 aliphatic rings. The quantitative estimate of drug-likeness (QED) is 0.323. The molecular formula is C23H23ClN4O3S. The van der Waals surface area contributed by atoms with Gasteiger partial charge < -0.3 is 9.73 Å². The largest absolute Gasteiger partial charge is 0.467 e. The van der Waals surface area contributed by atoms with Crippen LogP contribution in [0.3, 0.4) is 0 Å². The molecule has 166 valence electrons. The standard InChI is InChI=1S/C23H23ClN4O3S/c24-16-7-8-18-19(12-16)26-22(28(21(18)30)13-17-6-5-11-31-17)32-14-20(29)27-23(15-25)9-3-1-2-4-10-23/h5-8,11-12H,1-4,9-10,13-14H2,(H,27,29). The molecule has 1 amide bonds. The molecule has 0 aliphatic heterocycles. The second-order valence-corrected chi connectivity index (χ2v) is 9.35. The average Bonchev–Trinajstić information content (AvgIpc) is 3.19. The summed E-state index contributed by atoms with van der Waals surface area (Å²) >= 11 is 7.25. The van der Waals surface area contributed by atoms with Crippen LogP contribution in [0.2, 0.25) is 5.02 Å². The molecule has 7 nitrogen and oxygen atoms in total. The summed E-state index contributed by atoms with van der Waals surface area (Å²) in [5.41, 5.74) is -0.576. The molecule has 0 atom stereocenters. The SMILES string of the molecule is N#CC1(NC(=O)CSc2nc3cc(Cl)ccc3c(=O)n2Cc2ccco2)CCCCCC1. The van der Waals surface area contributed by atoms with Crippen molar-refractivity contribution in [1.82, 2.24) is 14.9 Å². The zero-order chi connectivity index (χ0) is 22.6. The number of nitrogens with one attached hydrogen (secondary N) is 1. The number of carbonyl (C=O) groups excluding carboxylic acids is 1. The van der Waals surface area contributed by atoms with Crippen LogP contribution < -0.4 is 10.9 Å². The number of halogens is 1. The number of hydrogen-bond acceptors (Lipinski definition) is 6. The van der Waals surface area contributed by atoms with Gasteiger partial charge >= 0.3 is 0 Å². The third kappa shape index (κ3) is 5.00. The van der Waals surface area contributed by atoms with Crippen molar-refractivity contribution in [1.29, 1.82) is 5.26 Å². The van der Waals surface area contributed by atoms with Gasteiger partial charge in [0.1, 0.15) is 11.3 Å². The third-order valence-electron chi connectivity index (χ3n) is 5.66. The lowest BCUT2D eigenvalue weighted by Crippen LogP contribution is -2.47. The first-order chi connectivity index (χ1) is 15.5. The van der Waals surface area contributed by atoms with Crippen molar-refractivity contribution < 1.29 is 9.21 Å². The van der Waals surface area contributed by atoms with Crippen LogP contribution in [0.25, 0.3) is 10.9 Å². The van der Waals surface area contributed by atoms with Crippen LogP contribution in [0, 0.1) is 11.3 Å². The predicted molar refractivity (Wildman–Crippen MR) is 124 cm³/mol. The van der Waals surface area contributed by atoms with E-state index in [1.807, 2.05) is 0 Å². The molecule has 0 radical (unpaired) electrons. The van der Waals surface area contributed by atoms with Gasteiger partial charge in [0.25, 0.3) is 5.56 Å². The summed E-state index contributed by atoms with van der Waals surface area (Å²) in [6, 6.07) is 10.8. The van der Waals surface area contributed by atoms with E-state index in [1.165, 1.54) is 4.57 Å². The highest BCUT2D eigenvalue weighted by Gasteiger charge is 2.32. The molecule has 2 heterocycles. The van der Waals surface area contributed by atoms with E-state index in [9.17, 15) is 14.9 Å². The van der Waals surface area contributed by atoms with E-state index in [1.54, 1.807) is 36.6 Å². The number of aromatic nitrogens is 2. The summed E-state index contributed by atoms with van der Waals surface area (Å²) in [4.78, 5) is 30.5. The molecule has 2 aromatic heterocycles. The van der Waals surface area contributed by atoms with Crippen molar-refractivity contribution >= 4 is 40.2 Å². The molecule has 32 heavy (non-hydrogen) atoms. The number of fused-ring (bicyclic) bond motifs is 1. The lowest BCUT2D eigenvalue weighted by atomic mass is 9.92. The number of benzene rings is 1. The minimum absolute atomic E-state index is 0.0418. The fourth-order valence-electron chi connectivity index (χ4n) is 4.01. The lowest BCUT2D eigenvalue weighted by molar-refractivity contribution is -0.120. The highest BCUT2D eigenvalue weighted by molar-refractivity contribution is 7.99. The minimum atomic E-state index is -0.813. The molecule has 1 aromatic carbocycles. The van der Waals surface area contributed by atoms with Crippen LogP contribution in [0.5, 0.6) is 0 Å². The van der Waals surface area contributed by atoms with E-state index in [4.69, 9.17) is 16.0 Å². The fourth-order valence-corrected chi connectivity index (χ4v) is 4.98. The van der Waals surface area contributed by atoms with Gasteiger partial charge in [-0.25, -0.2) is 4.98 Å². The average molecular weight is 471 g/mol. The predicted octanol–water partition coefficient (Wildman–Crippen LogP) is 4.52. The van der Waals surface area contributed by atoms with Crippen molar-refractivity contribution in [3.63, 3.8) is 0 Å². The fraction of sp³-hybridized carbons (Fsp3) is 0.391. The van der Waals surface area contributed by atoms with Crippen molar-refractivity contribution in [3.05, 3.63) is 57.7 Å². The maximum absolute atomic E-state index is 13.2. The maximum atomic E-state index is 13.2. The Morgan fingerprint density at radius 1 is 1.28 bits per heavy atom. The first-order valence-corrected chi connectivity index (χ1v) is 11.9. The highest BCUT2D eigenvalue weighted by Crippen LogP contribution is 2.27. The Hall–Kier alpha value is -2.76. The highest BCUT2D eigenvalue weighted by atomic mass is 35.5. The Kier molecular flexibility index (Phi) is 6.87. The number of hydrogen-bond donors (Lipinski definition) is 1. The minimum Gasteiger partial charge on any atom is -0.467 e. The first-order valence-electron chi connectivity index (χ1n) is 10.6. The van der Waals surface area contributed by atoms with Gasteiger partial charge in [0.05, 0.1) is 35.5 Å². The van der Waals surface area contributed by atoms with Gasteiger partial charge in [-0.2, -0.15) is 5.26 Å². The molecule has 1 fully saturated rings. The number of carbonyl (C=O) groups is 1. The smallest absolute Gasteiger partial charge is 0.262 e. The molecule has 1 aliphatic carbocycles. The summed E-state index contributed by atoms with van der Waals surface area (Å²) in [7, 11) is 0. The molecule has 0 saturated heterocycles. The van der Waals surface area contributed by atoms with Crippen LogP contribution in [0.1, 0.15) is 44.3 Å². The van der Waals surface area contributed by atoms with E-state index in [0.717, 1.165) is 37.4 Å². The zero-order valence-corrected chi connectivity index (χ0v) is 19.0. The van der Waals surface area contributed by atoms with Crippen LogP contribution >= 0.6 is 23.4 Å². The number of nitriles is 1. The first kappa shape index (κ1) is 22.4. The molecule has 3 aromatic rings. The summed E-state index contributed by atoms with van der Waals surface area (Å²) in [6.07, 6.45) is 6.88. The lowest BCUT2D eigenvalue weighted by Gasteiger charge is -2.26. The molecule has 0 spiro atoms. The Balaban J connectivity index is 1.59. The Labute approximate surface area is 194 Å². The molecule has 0 bridgehead atoms. The van der Waals surface area contributed by atoms with E-state index in [0.29, 0.717) is 39.7 Å². The van der Waals surface area contributed by atoms with E-state index in [-0.39, 0.29) is 23.8 Å². The van der Waals surface area contributed by atoms with Crippen LogP contribution in [0.4, 0.5) is 0 Å². The summed E-state index contributed by atoms with van der Waals surface area (Å²) < 4.78 is 6.91. The molecule has 1 N–H and O–H groups in total. The van der Waals surface area contributed by atoms with Gasteiger partial charge in [0.15, 0.2) is 5.16 Å². The molecule has 4 rings (SSSR count). The van der Waals surface area contributed by atoms with E-state index < -0.39 is 5.54 Å². The topological polar surface area (TPSA) is 101 Å². The number of amides is 1. The maximum Gasteiger partial charge on any atom is 0.262 e. The van der Waals surface area contributed by atoms with Crippen LogP contribution in [-0.4, -0.2) is 26.8 Å². The van der Waals surface area contributed by atoms with Gasteiger partial charge in [0, 0.05) is 5.02 Å². The Morgan fingerprint density at radius 2 is 2.06 bits per heavy atom. The normalized spacial score (nSPS) is 15.8. The van der Waals surface area contributed by atoms with Crippen molar-refractivity contribution in [2.45, 2.75) is 55.8 Å². The van der Waals surface area contributed by atoms with Crippen molar-refractivity contribution in [2.75, 3.05) is 5.75 Å². The molecule has 1 saturated carbocycles. The monoisotopic (exact) mass is 470 g/mol. The number of furan rings is 1. The van der Waals surface area contributed by atoms with Crippen LogP contribution in [-0.2, 0) is 11.3 Å². The van der Waals surface area contributed by atoms with Gasteiger partial charge in [-0.05, 0) is 43.2 Å². The number of nitrogens with zero attached hydrogens (tertiary/aromatic N) is 3. The second-order valence-electron chi connectivity index (χ2n) is 7.97. The molecule has 0 unspecified atom stereocenters. The molecular weight excluding hydrogens is 448 g/mol. The Bertz CT molecular complexity index is 1210. The third-order valence-corrected chi connectivity index (χ3v) is 6.87. The Morgan fingerprint density at radius 3 is 2.75 bits per heavy atom. The van der Waals surface area contributed by atoms with Crippen molar-refractivity contribution in [2.24, 2.45) is 0 Å². The van der Waals surface area contributed by atoms with Gasteiger partial charge in [-0.1, -0.05) is 49.0 Å². The van der Waals surface area contributed by atoms with E-state index >= 15 is 0 Å². The number of rotatable bonds is 6.